The number of amides is 1. The molecule has 0 unspecified atom stereocenters. The second-order valence-electron chi connectivity index (χ2n) is 7.82. The molecular weight excluding hydrogens is 462 g/mol. The number of ether oxygens (including phenoxy) is 1. The average Bonchev–Trinajstić information content (AvgIpc) is 3.31. The number of carbonyl (C=O) groups excluding carboxylic acids is 2. The summed E-state index contributed by atoms with van der Waals surface area (Å²) in [5.74, 6) is 0.261. The lowest BCUT2D eigenvalue weighted by Crippen LogP contribution is -2.18. The maximum absolute atomic E-state index is 12.5. The molecule has 8 nitrogen and oxygen atoms in total. The Morgan fingerprint density at radius 1 is 1.06 bits per heavy atom. The Morgan fingerprint density at radius 3 is 2.57 bits per heavy atom. The molecule has 1 amide bonds. The Labute approximate surface area is 207 Å². The van der Waals surface area contributed by atoms with Gasteiger partial charge in [-0.3, -0.25) is 4.79 Å². The van der Waals surface area contributed by atoms with Crippen molar-refractivity contribution >= 4 is 34.2 Å². The Bertz CT molecular complexity index is 1350. The van der Waals surface area contributed by atoms with E-state index in [4.69, 9.17) is 4.74 Å². The first-order valence-corrected chi connectivity index (χ1v) is 12.0. The van der Waals surface area contributed by atoms with Gasteiger partial charge in [0, 0.05) is 36.2 Å². The highest BCUT2D eigenvalue weighted by atomic mass is 32.1. The predicted octanol–water partition coefficient (Wildman–Crippen LogP) is 5.13. The van der Waals surface area contributed by atoms with Gasteiger partial charge < -0.3 is 15.4 Å². The molecule has 2 heterocycles. The first-order valence-electron chi connectivity index (χ1n) is 11.1. The highest BCUT2D eigenvalue weighted by molar-refractivity contribution is 7.14. The van der Waals surface area contributed by atoms with Gasteiger partial charge in [-0.1, -0.05) is 48.0 Å². The minimum Gasteiger partial charge on any atom is -0.462 e. The first kappa shape index (κ1) is 24.0. The van der Waals surface area contributed by atoms with Crippen LogP contribution in [0.2, 0.25) is 0 Å². The number of carbonyl (C=O) groups is 2. The van der Waals surface area contributed by atoms with E-state index >= 15 is 0 Å². The molecule has 0 bridgehead atoms. The topological polar surface area (TPSA) is 106 Å². The summed E-state index contributed by atoms with van der Waals surface area (Å²) in [7, 11) is 0. The molecule has 2 N–H and O–H groups in total. The number of thiazole rings is 1. The zero-order chi connectivity index (χ0) is 24.8. The number of benzene rings is 2. The maximum Gasteiger partial charge on any atom is 0.343 e. The zero-order valence-corrected chi connectivity index (χ0v) is 20.5. The van der Waals surface area contributed by atoms with Gasteiger partial charge in [-0.25, -0.2) is 19.7 Å². The number of hydrogen-bond acceptors (Lipinski definition) is 8. The maximum atomic E-state index is 12.5. The molecule has 0 radical (unpaired) electrons. The second kappa shape index (κ2) is 10.9. The van der Waals surface area contributed by atoms with Gasteiger partial charge in [-0.05, 0) is 25.5 Å². The third-order valence-corrected chi connectivity index (χ3v) is 5.84. The van der Waals surface area contributed by atoms with Gasteiger partial charge in [0.15, 0.2) is 16.8 Å². The van der Waals surface area contributed by atoms with Crippen LogP contribution in [-0.4, -0.2) is 33.4 Å². The molecule has 2 aromatic carbocycles. The van der Waals surface area contributed by atoms with E-state index in [1.807, 2.05) is 60.8 Å². The van der Waals surface area contributed by atoms with Crippen molar-refractivity contribution in [3.8, 4) is 22.6 Å². The van der Waals surface area contributed by atoms with Crippen molar-refractivity contribution in [2.75, 3.05) is 11.9 Å². The number of rotatable bonds is 8. The second-order valence-corrected chi connectivity index (χ2v) is 8.67. The van der Waals surface area contributed by atoms with Crippen LogP contribution in [0.3, 0.4) is 0 Å². The normalized spacial score (nSPS) is 10.6. The van der Waals surface area contributed by atoms with Crippen LogP contribution in [0.1, 0.15) is 35.3 Å². The molecule has 2 aromatic heterocycles. The third kappa shape index (κ3) is 6.07. The van der Waals surface area contributed by atoms with Crippen LogP contribution in [0.25, 0.3) is 22.6 Å². The number of hydrogen-bond donors (Lipinski definition) is 2. The molecule has 0 aliphatic heterocycles. The van der Waals surface area contributed by atoms with E-state index in [0.29, 0.717) is 23.3 Å². The summed E-state index contributed by atoms with van der Waals surface area (Å²) in [6.07, 6.45) is 1.48. The summed E-state index contributed by atoms with van der Waals surface area (Å²) >= 11 is 1.40. The lowest BCUT2D eigenvalue weighted by Gasteiger charge is -2.10. The lowest BCUT2D eigenvalue weighted by molar-refractivity contribution is -0.119. The number of aromatic nitrogens is 3. The fourth-order valence-corrected chi connectivity index (χ4v) is 4.06. The van der Waals surface area contributed by atoms with Crippen LogP contribution in [0.5, 0.6) is 0 Å². The van der Waals surface area contributed by atoms with Crippen molar-refractivity contribution < 1.29 is 14.3 Å². The number of nitrogens with one attached hydrogen (secondary N) is 2. The molecule has 0 fully saturated rings. The molecule has 4 rings (SSSR count). The van der Waals surface area contributed by atoms with E-state index in [2.05, 4.69) is 25.6 Å². The van der Waals surface area contributed by atoms with Gasteiger partial charge in [0.05, 0.1) is 12.3 Å². The molecule has 0 aliphatic rings. The van der Waals surface area contributed by atoms with Crippen molar-refractivity contribution in [1.29, 1.82) is 0 Å². The van der Waals surface area contributed by atoms with Gasteiger partial charge in [-0.15, -0.1) is 11.3 Å². The SMILES string of the molecule is CCOC(=O)c1cnc(-c2cccc(C)c2)nc1Nc1nc(-c2ccc(CNC(C)=O)cc2)cs1. The number of esters is 1. The van der Waals surface area contributed by atoms with E-state index in [1.54, 1.807) is 6.92 Å². The molecule has 0 saturated heterocycles. The Hall–Kier alpha value is -4.11. The van der Waals surface area contributed by atoms with Crippen molar-refractivity contribution in [2.45, 2.75) is 27.3 Å². The molecule has 0 aliphatic carbocycles. The largest absolute Gasteiger partial charge is 0.462 e. The Kier molecular flexibility index (Phi) is 7.47. The Morgan fingerprint density at radius 2 is 1.86 bits per heavy atom. The highest BCUT2D eigenvalue weighted by Crippen LogP contribution is 2.29. The van der Waals surface area contributed by atoms with E-state index in [9.17, 15) is 9.59 Å². The van der Waals surface area contributed by atoms with Crippen molar-refractivity contribution in [3.05, 3.63) is 76.8 Å². The molecular formula is C26H25N5O3S. The van der Waals surface area contributed by atoms with Crippen LogP contribution >= 0.6 is 11.3 Å². The molecule has 0 atom stereocenters. The summed E-state index contributed by atoms with van der Waals surface area (Å²) in [5.41, 5.74) is 4.90. The molecule has 0 spiro atoms. The van der Waals surface area contributed by atoms with Gasteiger partial charge in [0.2, 0.25) is 5.91 Å². The van der Waals surface area contributed by atoms with Gasteiger partial charge >= 0.3 is 5.97 Å². The standard InChI is InChI=1S/C26H25N5O3S/c1-4-34-25(33)21-14-28-23(20-7-5-6-16(2)12-20)30-24(21)31-26-29-22(15-35-26)19-10-8-18(9-11-19)13-27-17(3)32/h5-12,14-15H,4,13H2,1-3H3,(H,27,32)(H,28,29,30,31). The molecule has 35 heavy (non-hydrogen) atoms. The lowest BCUT2D eigenvalue weighted by atomic mass is 10.1. The Balaban J connectivity index is 1.59. The summed E-state index contributed by atoms with van der Waals surface area (Å²) in [4.78, 5) is 37.3. The van der Waals surface area contributed by atoms with E-state index in [1.165, 1.54) is 24.5 Å². The van der Waals surface area contributed by atoms with E-state index in [-0.39, 0.29) is 18.1 Å². The minimum atomic E-state index is -0.502. The fraction of sp³-hybridized carbons (Fsp3) is 0.192. The van der Waals surface area contributed by atoms with Crippen LogP contribution in [0, 0.1) is 6.92 Å². The quantitative estimate of drug-likeness (QED) is 0.332. The summed E-state index contributed by atoms with van der Waals surface area (Å²) in [5, 5.41) is 8.48. The number of nitrogens with zero attached hydrogens (tertiary/aromatic N) is 3. The average molecular weight is 488 g/mol. The number of aryl methyl sites for hydroxylation is 1. The molecule has 178 valence electrons. The smallest absolute Gasteiger partial charge is 0.343 e. The number of anilines is 2. The highest BCUT2D eigenvalue weighted by Gasteiger charge is 2.18. The van der Waals surface area contributed by atoms with Crippen LogP contribution in [-0.2, 0) is 16.1 Å². The van der Waals surface area contributed by atoms with Crippen molar-refractivity contribution in [2.24, 2.45) is 0 Å². The van der Waals surface area contributed by atoms with Crippen molar-refractivity contribution in [3.63, 3.8) is 0 Å². The van der Waals surface area contributed by atoms with Crippen LogP contribution < -0.4 is 10.6 Å². The summed E-state index contributed by atoms with van der Waals surface area (Å²) in [6.45, 7) is 5.97. The predicted molar refractivity (Wildman–Crippen MR) is 137 cm³/mol. The fourth-order valence-electron chi connectivity index (χ4n) is 3.34. The first-order chi connectivity index (χ1) is 16.9. The van der Waals surface area contributed by atoms with E-state index in [0.717, 1.165) is 27.9 Å². The van der Waals surface area contributed by atoms with E-state index < -0.39 is 5.97 Å². The van der Waals surface area contributed by atoms with Gasteiger partial charge in [0.25, 0.3) is 0 Å². The zero-order valence-electron chi connectivity index (χ0n) is 19.7. The van der Waals surface area contributed by atoms with Gasteiger partial charge in [-0.2, -0.15) is 0 Å². The molecule has 0 saturated carbocycles. The van der Waals surface area contributed by atoms with Crippen LogP contribution in [0.15, 0.2) is 60.1 Å². The van der Waals surface area contributed by atoms with Crippen LogP contribution in [0.4, 0.5) is 10.9 Å². The molecule has 4 aromatic rings. The monoisotopic (exact) mass is 487 g/mol. The summed E-state index contributed by atoms with van der Waals surface area (Å²) in [6, 6.07) is 15.7. The molecule has 9 heteroatoms. The third-order valence-electron chi connectivity index (χ3n) is 5.08. The minimum absolute atomic E-state index is 0.0678. The van der Waals surface area contributed by atoms with Gasteiger partial charge in [0.1, 0.15) is 5.56 Å². The van der Waals surface area contributed by atoms with Crippen molar-refractivity contribution in [1.82, 2.24) is 20.3 Å². The summed E-state index contributed by atoms with van der Waals surface area (Å²) < 4.78 is 5.19.